The van der Waals surface area contributed by atoms with Crippen molar-refractivity contribution in [2.75, 3.05) is 24.8 Å². The molecule has 0 atom stereocenters. The molecule has 0 N–H and O–H groups in total. The molecule has 0 saturated carbocycles. The second-order valence-corrected chi connectivity index (χ2v) is 15.7. The van der Waals surface area contributed by atoms with Crippen LogP contribution in [-0.4, -0.2) is 60.2 Å². The van der Waals surface area contributed by atoms with Crippen molar-refractivity contribution < 1.29 is 31.9 Å². The summed E-state index contributed by atoms with van der Waals surface area (Å²) in [7, 11) is -2.77. The molecule has 1 aliphatic heterocycles. The predicted molar refractivity (Wildman–Crippen MR) is 196 cm³/mol. The maximum atomic E-state index is 14.4. The Morgan fingerprint density at radius 2 is 1.81 bits per heavy atom. The first kappa shape index (κ1) is 38.7. The summed E-state index contributed by atoms with van der Waals surface area (Å²) in [5.74, 6) is 1.31. The summed E-state index contributed by atoms with van der Waals surface area (Å²) < 4.78 is 53.6. The van der Waals surface area contributed by atoms with E-state index in [9.17, 15) is 18.0 Å². The average Bonchev–Trinajstić information content (AvgIpc) is 3.68. The van der Waals surface area contributed by atoms with Gasteiger partial charge in [0.25, 0.3) is 15.6 Å². The molecule has 0 saturated heterocycles. The molecule has 52 heavy (non-hydrogen) atoms. The van der Waals surface area contributed by atoms with Gasteiger partial charge >= 0.3 is 6.09 Å². The maximum absolute atomic E-state index is 14.4. The van der Waals surface area contributed by atoms with Crippen molar-refractivity contribution in [3.8, 4) is 11.1 Å². The number of hydrogen-bond acceptors (Lipinski definition) is 10. The van der Waals surface area contributed by atoms with Gasteiger partial charge < -0.3 is 18.7 Å². The van der Waals surface area contributed by atoms with Crippen molar-refractivity contribution in [2.45, 2.75) is 104 Å². The number of hydrogen-bond donors (Lipinski definition) is 0. The van der Waals surface area contributed by atoms with Crippen LogP contribution < -0.4 is 9.86 Å². The smallest absolute Gasteiger partial charge is 0.410 e. The lowest BCUT2D eigenvalue weighted by molar-refractivity contribution is 0.0240. The number of benzene rings is 2. The van der Waals surface area contributed by atoms with Crippen LogP contribution in [0, 0.1) is 13.8 Å². The molecule has 0 spiro atoms. The third-order valence-corrected chi connectivity index (χ3v) is 10.6. The van der Waals surface area contributed by atoms with E-state index in [1.807, 2.05) is 25.1 Å². The standard InChI is InChI=1S/C38H49N5O8S/c1-9-11-16-34-39-32-22-41(37(45)50-38(5,6)7)21-31(32)36(44)42(34)20-27-17-18-29(28(19-27)23-49-10-2)30-14-12-13-15-33(30)52(46,47)43(24-48-8)35-25(3)26(4)51-40-35/h12-15,17-19H,9-11,16,20-24H2,1-8H3. The van der Waals surface area contributed by atoms with Crippen molar-refractivity contribution in [2.24, 2.45) is 0 Å². The summed E-state index contributed by atoms with van der Waals surface area (Å²) in [6.45, 7) is 13.8. The molecule has 4 aromatic rings. The third-order valence-electron chi connectivity index (χ3n) is 8.85. The van der Waals surface area contributed by atoms with E-state index in [1.165, 1.54) is 12.0 Å². The molecule has 0 aliphatic carbocycles. The second-order valence-electron chi connectivity index (χ2n) is 13.9. The first-order valence-electron chi connectivity index (χ1n) is 17.5. The molecular formula is C38H49N5O8S. The van der Waals surface area contributed by atoms with Gasteiger partial charge in [0.15, 0.2) is 5.82 Å². The van der Waals surface area contributed by atoms with Gasteiger partial charge in [0.05, 0.1) is 42.4 Å². The molecule has 0 fully saturated rings. The van der Waals surface area contributed by atoms with E-state index >= 15 is 0 Å². The van der Waals surface area contributed by atoms with Crippen molar-refractivity contribution in [1.29, 1.82) is 0 Å². The fourth-order valence-electron chi connectivity index (χ4n) is 6.10. The molecule has 2 aromatic carbocycles. The number of unbranched alkanes of at least 4 members (excludes halogenated alkanes) is 1. The van der Waals surface area contributed by atoms with Crippen molar-refractivity contribution in [3.63, 3.8) is 0 Å². The topological polar surface area (TPSA) is 146 Å². The Morgan fingerprint density at radius 3 is 2.46 bits per heavy atom. The molecule has 2 aromatic heterocycles. The Hall–Kier alpha value is -4.53. The molecule has 1 amide bonds. The van der Waals surface area contributed by atoms with Crippen molar-refractivity contribution in [1.82, 2.24) is 19.6 Å². The lowest BCUT2D eigenvalue weighted by Gasteiger charge is -2.23. The minimum absolute atomic E-state index is 0.0630. The van der Waals surface area contributed by atoms with Crippen LogP contribution in [0.25, 0.3) is 11.1 Å². The molecule has 0 radical (unpaired) electrons. The highest BCUT2D eigenvalue weighted by molar-refractivity contribution is 7.93. The highest BCUT2D eigenvalue weighted by atomic mass is 32.2. The quantitative estimate of drug-likeness (QED) is 0.132. The monoisotopic (exact) mass is 735 g/mol. The van der Waals surface area contributed by atoms with Crippen LogP contribution in [0.5, 0.6) is 0 Å². The van der Waals surface area contributed by atoms with Crippen molar-refractivity contribution >= 4 is 21.9 Å². The van der Waals surface area contributed by atoms with Crippen LogP contribution in [0.4, 0.5) is 10.6 Å². The molecule has 13 nitrogen and oxygen atoms in total. The summed E-state index contributed by atoms with van der Waals surface area (Å²) >= 11 is 0. The van der Waals surface area contributed by atoms with Crippen LogP contribution in [0.2, 0.25) is 0 Å². The first-order chi connectivity index (χ1) is 24.7. The SMILES string of the molecule is CCCCc1nc2c(c(=O)n1Cc1ccc(-c3ccccc3S(=O)(=O)N(COC)c3noc(C)c3C)c(COCC)c1)CN(C(=O)OC(C)(C)C)C2. The van der Waals surface area contributed by atoms with Gasteiger partial charge in [0, 0.05) is 31.3 Å². The molecule has 0 bridgehead atoms. The number of rotatable bonds is 14. The number of carbonyl (C=O) groups excluding carboxylic acids is 1. The fourth-order valence-corrected chi connectivity index (χ4v) is 7.69. The molecular weight excluding hydrogens is 687 g/mol. The normalized spacial score (nSPS) is 13.0. The summed E-state index contributed by atoms with van der Waals surface area (Å²) in [5, 5.41) is 4.03. The number of amides is 1. The molecule has 14 heteroatoms. The molecule has 1 aliphatic rings. The second kappa shape index (κ2) is 16.0. The van der Waals surface area contributed by atoms with Crippen LogP contribution >= 0.6 is 0 Å². The van der Waals surface area contributed by atoms with Gasteiger partial charge in [-0.2, -0.15) is 0 Å². The third kappa shape index (κ3) is 8.24. The van der Waals surface area contributed by atoms with E-state index in [1.54, 1.807) is 63.5 Å². The number of nitrogens with zero attached hydrogens (tertiary/aromatic N) is 5. The molecule has 280 valence electrons. The minimum atomic E-state index is -4.19. The van der Waals surface area contributed by atoms with Crippen molar-refractivity contribution in [3.05, 3.63) is 92.4 Å². The predicted octanol–water partition coefficient (Wildman–Crippen LogP) is 6.49. The van der Waals surface area contributed by atoms with Gasteiger partial charge in [-0.3, -0.25) is 14.3 Å². The zero-order chi connectivity index (χ0) is 37.8. The largest absolute Gasteiger partial charge is 0.444 e. The lowest BCUT2D eigenvalue weighted by Crippen LogP contribution is -2.34. The van der Waals surface area contributed by atoms with Crippen LogP contribution in [-0.2, 0) is 56.9 Å². The highest BCUT2D eigenvalue weighted by Gasteiger charge is 2.33. The summed E-state index contributed by atoms with van der Waals surface area (Å²) in [6.07, 6.45) is 1.88. The zero-order valence-corrected chi connectivity index (χ0v) is 32.1. The number of methoxy groups -OCH3 is 1. The van der Waals surface area contributed by atoms with Gasteiger partial charge in [-0.25, -0.2) is 22.5 Å². The Morgan fingerprint density at radius 1 is 1.06 bits per heavy atom. The number of carbonyl (C=O) groups is 1. The maximum Gasteiger partial charge on any atom is 0.410 e. The Bertz CT molecular complexity index is 2080. The Labute approximate surface area is 305 Å². The number of aryl methyl sites for hydroxylation is 2. The average molecular weight is 736 g/mol. The Kier molecular flexibility index (Phi) is 11.9. The van der Waals surface area contributed by atoms with E-state index in [0.29, 0.717) is 52.6 Å². The first-order valence-corrected chi connectivity index (χ1v) is 19.0. The molecule has 5 rings (SSSR count). The zero-order valence-electron chi connectivity index (χ0n) is 31.3. The van der Waals surface area contributed by atoms with Gasteiger partial charge in [0.1, 0.15) is 23.9 Å². The van der Waals surface area contributed by atoms with E-state index in [4.69, 9.17) is 23.7 Å². The summed E-state index contributed by atoms with van der Waals surface area (Å²) in [5.41, 5.74) is 3.53. The van der Waals surface area contributed by atoms with Crippen LogP contribution in [0.3, 0.4) is 0 Å². The van der Waals surface area contributed by atoms with E-state index in [2.05, 4.69) is 12.1 Å². The number of fused-ring (bicyclic) bond motifs is 1. The minimum Gasteiger partial charge on any atom is -0.444 e. The lowest BCUT2D eigenvalue weighted by atomic mass is 9.97. The Balaban J connectivity index is 1.55. The number of ether oxygens (including phenoxy) is 3. The van der Waals surface area contributed by atoms with Crippen LogP contribution in [0.1, 0.15) is 87.0 Å². The molecule has 0 unspecified atom stereocenters. The van der Waals surface area contributed by atoms with Crippen LogP contribution in [0.15, 0.2) is 56.7 Å². The highest BCUT2D eigenvalue weighted by Crippen LogP contribution is 2.35. The fraction of sp³-hybridized carbons (Fsp3) is 0.474. The number of sulfonamides is 1. The van der Waals surface area contributed by atoms with Gasteiger partial charge in [-0.15, -0.1) is 0 Å². The van der Waals surface area contributed by atoms with Gasteiger partial charge in [-0.1, -0.05) is 54.9 Å². The summed E-state index contributed by atoms with van der Waals surface area (Å²) in [4.78, 5) is 33.5. The van der Waals surface area contributed by atoms with E-state index in [-0.39, 0.29) is 49.2 Å². The van der Waals surface area contributed by atoms with Gasteiger partial charge in [0.2, 0.25) is 0 Å². The number of anilines is 1. The van der Waals surface area contributed by atoms with E-state index < -0.39 is 21.7 Å². The molecule has 3 heterocycles. The number of aromatic nitrogens is 3. The van der Waals surface area contributed by atoms with Gasteiger partial charge in [-0.05, 0) is 70.7 Å². The van der Waals surface area contributed by atoms with E-state index in [0.717, 1.165) is 28.3 Å². The summed E-state index contributed by atoms with van der Waals surface area (Å²) in [6, 6.07) is 12.5.